The van der Waals surface area contributed by atoms with Gasteiger partial charge in [0.15, 0.2) is 23.0 Å². The van der Waals surface area contributed by atoms with Crippen LogP contribution in [-0.2, 0) is 4.79 Å². The van der Waals surface area contributed by atoms with Crippen LogP contribution in [0.5, 0.6) is 28.7 Å². The summed E-state index contributed by atoms with van der Waals surface area (Å²) in [5, 5.41) is 6.67. The van der Waals surface area contributed by atoms with Gasteiger partial charge in [0.1, 0.15) is 11.4 Å². The highest BCUT2D eigenvalue weighted by Gasteiger charge is 2.18. The van der Waals surface area contributed by atoms with Gasteiger partial charge in [-0.2, -0.15) is 5.10 Å². The molecule has 0 bridgehead atoms. The fourth-order valence-corrected chi connectivity index (χ4v) is 4.15. The number of rotatable bonds is 8. The van der Waals surface area contributed by atoms with Crippen LogP contribution < -0.4 is 34.4 Å². The van der Waals surface area contributed by atoms with Crippen LogP contribution in [0, 0.1) is 0 Å². The lowest BCUT2D eigenvalue weighted by Gasteiger charge is -2.09. The summed E-state index contributed by atoms with van der Waals surface area (Å²) in [5.41, 5.74) is 4.34. The molecule has 2 heterocycles. The molecule has 0 aromatic heterocycles. The van der Waals surface area contributed by atoms with Crippen molar-refractivity contribution in [3.05, 3.63) is 119 Å². The lowest BCUT2D eigenvalue weighted by molar-refractivity contribution is -0.117. The second kappa shape index (κ2) is 12.2. The molecule has 0 aliphatic carbocycles. The van der Waals surface area contributed by atoms with E-state index in [-0.39, 0.29) is 19.3 Å². The third-order valence-corrected chi connectivity index (χ3v) is 6.32. The quantitative estimate of drug-likeness (QED) is 0.104. The van der Waals surface area contributed by atoms with Crippen LogP contribution in [0.15, 0.2) is 102 Å². The summed E-state index contributed by atoms with van der Waals surface area (Å²) in [7, 11) is 0. The second-order valence-corrected chi connectivity index (χ2v) is 9.22. The Hall–Kier alpha value is -6.10. The zero-order valence-electron chi connectivity index (χ0n) is 22.4. The van der Waals surface area contributed by atoms with E-state index in [1.807, 2.05) is 0 Å². The summed E-state index contributed by atoms with van der Waals surface area (Å²) in [6.45, 7) is 0.218. The lowest BCUT2D eigenvalue weighted by atomic mass is 10.1. The number of carbonyl (C=O) groups excluding carboxylic acids is 3. The van der Waals surface area contributed by atoms with E-state index in [1.54, 1.807) is 91.0 Å². The SMILES string of the molecule is O=C(N/N=C/c1ccc(OC(=O)c2ccc3c(c2)OCO3)cc1)/C(=C\c1ccc2c(c1)OCO2)NC(=O)c1ccccc1. The molecule has 2 aliphatic heterocycles. The van der Waals surface area contributed by atoms with Crippen molar-refractivity contribution in [2.45, 2.75) is 0 Å². The zero-order valence-corrected chi connectivity index (χ0v) is 22.4. The van der Waals surface area contributed by atoms with Gasteiger partial charge < -0.3 is 29.0 Å². The van der Waals surface area contributed by atoms with Crippen LogP contribution in [0.2, 0.25) is 0 Å². The minimum Gasteiger partial charge on any atom is -0.454 e. The van der Waals surface area contributed by atoms with Crippen molar-refractivity contribution in [1.82, 2.24) is 10.7 Å². The standard InChI is InChI=1S/C32H23N3O8/c36-30(22-4-2-1-3-5-22)34-25(14-21-8-12-26-28(15-21)41-18-39-26)31(37)35-33-17-20-6-10-24(11-7-20)43-32(38)23-9-13-27-29(16-23)42-19-40-27/h1-17H,18-19H2,(H,34,36)(H,35,37)/b25-14+,33-17+. The van der Waals surface area contributed by atoms with Crippen molar-refractivity contribution in [1.29, 1.82) is 0 Å². The predicted octanol–water partition coefficient (Wildman–Crippen LogP) is 4.28. The molecule has 11 heteroatoms. The molecule has 2 aliphatic rings. The van der Waals surface area contributed by atoms with E-state index >= 15 is 0 Å². The average Bonchev–Trinajstić information content (AvgIpc) is 3.71. The van der Waals surface area contributed by atoms with Crippen LogP contribution in [0.25, 0.3) is 6.08 Å². The molecular formula is C32H23N3O8. The van der Waals surface area contributed by atoms with Crippen molar-refractivity contribution < 1.29 is 38.1 Å². The first kappa shape index (κ1) is 27.1. The molecule has 4 aromatic carbocycles. The van der Waals surface area contributed by atoms with E-state index in [4.69, 9.17) is 23.7 Å². The van der Waals surface area contributed by atoms with Gasteiger partial charge in [-0.3, -0.25) is 9.59 Å². The van der Waals surface area contributed by atoms with Crippen molar-refractivity contribution in [3.63, 3.8) is 0 Å². The van der Waals surface area contributed by atoms with Crippen LogP contribution in [-0.4, -0.2) is 37.6 Å². The van der Waals surface area contributed by atoms with Crippen LogP contribution >= 0.6 is 0 Å². The Kier molecular flexibility index (Phi) is 7.68. The zero-order chi connectivity index (χ0) is 29.6. The van der Waals surface area contributed by atoms with E-state index in [0.29, 0.717) is 51.0 Å². The van der Waals surface area contributed by atoms with E-state index in [0.717, 1.165) is 0 Å². The number of ether oxygens (including phenoxy) is 5. The van der Waals surface area contributed by atoms with Gasteiger partial charge in [0.05, 0.1) is 11.8 Å². The Morgan fingerprint density at radius 3 is 2.09 bits per heavy atom. The molecule has 0 radical (unpaired) electrons. The Balaban J connectivity index is 1.11. The molecule has 2 amide bonds. The first-order valence-electron chi connectivity index (χ1n) is 13.0. The average molecular weight is 578 g/mol. The number of carbonyl (C=O) groups is 3. The maximum atomic E-state index is 13.1. The number of nitrogens with zero attached hydrogens (tertiary/aromatic N) is 1. The Labute approximate surface area is 245 Å². The molecule has 2 N–H and O–H groups in total. The monoisotopic (exact) mass is 577 g/mol. The highest BCUT2D eigenvalue weighted by Crippen LogP contribution is 2.34. The second-order valence-electron chi connectivity index (χ2n) is 9.22. The summed E-state index contributed by atoms with van der Waals surface area (Å²) in [5.74, 6) is 0.844. The molecule has 6 rings (SSSR count). The Morgan fingerprint density at radius 1 is 0.698 bits per heavy atom. The number of hydrogen-bond donors (Lipinski definition) is 2. The molecule has 0 unspecified atom stereocenters. The van der Waals surface area contributed by atoms with Crippen LogP contribution in [0.1, 0.15) is 31.8 Å². The smallest absolute Gasteiger partial charge is 0.343 e. The number of esters is 1. The largest absolute Gasteiger partial charge is 0.454 e. The van der Waals surface area contributed by atoms with Gasteiger partial charge in [0.2, 0.25) is 13.6 Å². The molecule has 0 spiro atoms. The van der Waals surface area contributed by atoms with Gasteiger partial charge in [-0.25, -0.2) is 10.2 Å². The summed E-state index contributed by atoms with van der Waals surface area (Å²) >= 11 is 0. The topological polar surface area (TPSA) is 134 Å². The Bertz CT molecular complexity index is 1750. The van der Waals surface area contributed by atoms with E-state index in [2.05, 4.69) is 15.8 Å². The fourth-order valence-electron chi connectivity index (χ4n) is 4.15. The third-order valence-electron chi connectivity index (χ3n) is 6.32. The summed E-state index contributed by atoms with van der Waals surface area (Å²) in [4.78, 5) is 38.4. The first-order valence-corrected chi connectivity index (χ1v) is 13.0. The van der Waals surface area contributed by atoms with Gasteiger partial charge in [0, 0.05) is 5.56 Å². The van der Waals surface area contributed by atoms with E-state index in [1.165, 1.54) is 12.3 Å². The number of nitrogens with one attached hydrogen (secondary N) is 2. The number of benzene rings is 4. The molecule has 43 heavy (non-hydrogen) atoms. The molecule has 0 saturated carbocycles. The van der Waals surface area contributed by atoms with Crippen molar-refractivity contribution in [2.75, 3.05) is 13.6 Å². The molecule has 0 atom stereocenters. The van der Waals surface area contributed by atoms with Crippen LogP contribution in [0.4, 0.5) is 0 Å². The van der Waals surface area contributed by atoms with Crippen molar-refractivity contribution >= 4 is 30.1 Å². The highest BCUT2D eigenvalue weighted by molar-refractivity contribution is 6.05. The van der Waals surface area contributed by atoms with Gasteiger partial charge in [-0.1, -0.05) is 24.3 Å². The van der Waals surface area contributed by atoms with Gasteiger partial charge in [-0.05, 0) is 83.9 Å². The van der Waals surface area contributed by atoms with E-state index in [9.17, 15) is 14.4 Å². The lowest BCUT2D eigenvalue weighted by Crippen LogP contribution is -2.32. The fraction of sp³-hybridized carbons (Fsp3) is 0.0625. The van der Waals surface area contributed by atoms with Crippen LogP contribution in [0.3, 0.4) is 0 Å². The summed E-state index contributed by atoms with van der Waals surface area (Å²) in [6.07, 6.45) is 2.93. The van der Waals surface area contributed by atoms with Gasteiger partial charge in [-0.15, -0.1) is 0 Å². The minimum atomic E-state index is -0.646. The predicted molar refractivity (Wildman–Crippen MR) is 154 cm³/mol. The maximum Gasteiger partial charge on any atom is 0.343 e. The number of hydrogen-bond acceptors (Lipinski definition) is 9. The molecular weight excluding hydrogens is 554 g/mol. The normalized spacial score (nSPS) is 13.1. The maximum absolute atomic E-state index is 13.1. The van der Waals surface area contributed by atoms with Crippen molar-refractivity contribution in [3.8, 4) is 28.7 Å². The Morgan fingerprint density at radius 2 is 1.35 bits per heavy atom. The van der Waals surface area contributed by atoms with E-state index < -0.39 is 17.8 Å². The summed E-state index contributed by atoms with van der Waals surface area (Å²) < 4.78 is 26.7. The molecule has 11 nitrogen and oxygen atoms in total. The third kappa shape index (κ3) is 6.46. The van der Waals surface area contributed by atoms with Gasteiger partial charge >= 0.3 is 5.97 Å². The first-order chi connectivity index (χ1) is 21.0. The molecule has 214 valence electrons. The minimum absolute atomic E-state index is 0.0318. The highest BCUT2D eigenvalue weighted by atomic mass is 16.7. The van der Waals surface area contributed by atoms with Crippen molar-refractivity contribution in [2.24, 2.45) is 5.10 Å². The molecule has 4 aromatic rings. The van der Waals surface area contributed by atoms with Gasteiger partial charge in [0.25, 0.3) is 11.8 Å². The summed E-state index contributed by atoms with van der Waals surface area (Å²) in [6, 6.07) is 25.0. The number of amides is 2. The number of fused-ring (bicyclic) bond motifs is 2. The molecule has 0 saturated heterocycles. The number of hydrazone groups is 1. The molecule has 0 fully saturated rings.